The number of carboxylic acids is 1. The first-order chi connectivity index (χ1) is 9.65. The Hall–Kier alpha value is -2.29. The maximum Gasteiger partial charge on any atom is 0.310 e. The molecule has 1 aliphatic heterocycles. The van der Waals surface area contributed by atoms with Gasteiger partial charge in [-0.1, -0.05) is 36.4 Å². The summed E-state index contributed by atoms with van der Waals surface area (Å²) in [5.74, 6) is -0.539. The van der Waals surface area contributed by atoms with Crippen molar-refractivity contribution in [1.82, 2.24) is 0 Å². The quantitative estimate of drug-likeness (QED) is 0.908. The molecule has 1 N–H and O–H groups in total. The minimum Gasteiger partial charge on any atom is -0.489 e. The first-order valence-electron chi connectivity index (χ1n) is 6.70. The highest BCUT2D eigenvalue weighted by Gasteiger charge is 2.18. The van der Waals surface area contributed by atoms with Crippen molar-refractivity contribution >= 4 is 5.97 Å². The number of carbonyl (C=O) groups is 1. The average Bonchev–Trinajstić information content (AvgIpc) is 2.64. The standard InChI is InChI=1S/C17H16O3/c1-11(17(18)19)12-6-7-14-8-13-4-2-3-5-15(13)10-20-16(14)9-12/h2-7,9,11H,8,10H2,1H3,(H,18,19). The number of aliphatic carboxylic acids is 1. The molecule has 3 rings (SSSR count). The van der Waals surface area contributed by atoms with Crippen LogP contribution in [0.4, 0.5) is 0 Å². The van der Waals surface area contributed by atoms with Crippen molar-refractivity contribution in [3.05, 3.63) is 64.7 Å². The summed E-state index contributed by atoms with van der Waals surface area (Å²) < 4.78 is 5.85. The Bertz CT molecular complexity index is 661. The molecular weight excluding hydrogens is 252 g/mol. The zero-order valence-electron chi connectivity index (χ0n) is 11.3. The van der Waals surface area contributed by atoms with Crippen LogP contribution in [0, 0.1) is 0 Å². The second-order valence-corrected chi connectivity index (χ2v) is 5.16. The van der Waals surface area contributed by atoms with Crippen molar-refractivity contribution in [2.24, 2.45) is 0 Å². The number of ether oxygens (including phenoxy) is 1. The fourth-order valence-corrected chi connectivity index (χ4v) is 2.49. The first-order valence-corrected chi connectivity index (χ1v) is 6.70. The summed E-state index contributed by atoms with van der Waals surface area (Å²) in [6.07, 6.45) is 0.827. The highest BCUT2D eigenvalue weighted by atomic mass is 16.5. The van der Waals surface area contributed by atoms with E-state index >= 15 is 0 Å². The molecule has 3 heteroatoms. The highest BCUT2D eigenvalue weighted by molar-refractivity contribution is 5.75. The fraction of sp³-hybridized carbons (Fsp3) is 0.235. The Morgan fingerprint density at radius 2 is 1.90 bits per heavy atom. The molecule has 0 saturated carbocycles. The minimum atomic E-state index is -0.818. The van der Waals surface area contributed by atoms with Gasteiger partial charge in [-0.15, -0.1) is 0 Å². The summed E-state index contributed by atoms with van der Waals surface area (Å²) in [7, 11) is 0. The summed E-state index contributed by atoms with van der Waals surface area (Å²) in [4.78, 5) is 11.1. The van der Waals surface area contributed by atoms with Crippen LogP contribution in [0.1, 0.15) is 35.1 Å². The number of fused-ring (bicyclic) bond motifs is 2. The fourth-order valence-electron chi connectivity index (χ4n) is 2.49. The first kappa shape index (κ1) is 12.7. The molecule has 20 heavy (non-hydrogen) atoms. The Kier molecular flexibility index (Phi) is 3.18. The van der Waals surface area contributed by atoms with Gasteiger partial charge < -0.3 is 9.84 Å². The second-order valence-electron chi connectivity index (χ2n) is 5.16. The SMILES string of the molecule is CC(C(=O)O)c1ccc2c(c1)OCc1ccccc1C2. The average molecular weight is 268 g/mol. The van der Waals surface area contributed by atoms with Crippen LogP contribution in [0.2, 0.25) is 0 Å². The third kappa shape index (κ3) is 2.27. The van der Waals surface area contributed by atoms with Crippen LogP contribution >= 0.6 is 0 Å². The number of hydrogen-bond donors (Lipinski definition) is 1. The molecule has 0 aliphatic carbocycles. The number of hydrogen-bond acceptors (Lipinski definition) is 2. The van der Waals surface area contributed by atoms with Crippen LogP contribution in [-0.4, -0.2) is 11.1 Å². The van der Waals surface area contributed by atoms with Gasteiger partial charge in [-0.25, -0.2) is 0 Å². The van der Waals surface area contributed by atoms with Crippen molar-refractivity contribution in [3.8, 4) is 5.75 Å². The molecule has 1 aliphatic rings. The predicted molar refractivity (Wildman–Crippen MR) is 76.1 cm³/mol. The molecule has 0 fully saturated rings. The Morgan fingerprint density at radius 1 is 1.15 bits per heavy atom. The summed E-state index contributed by atoms with van der Waals surface area (Å²) in [5, 5.41) is 9.10. The molecule has 1 unspecified atom stereocenters. The second kappa shape index (κ2) is 5.00. The van der Waals surface area contributed by atoms with Crippen LogP contribution in [0.3, 0.4) is 0 Å². The van der Waals surface area contributed by atoms with Crippen LogP contribution in [-0.2, 0) is 17.8 Å². The lowest BCUT2D eigenvalue weighted by Gasteiger charge is -2.12. The van der Waals surface area contributed by atoms with E-state index in [-0.39, 0.29) is 0 Å². The Labute approximate surface area is 117 Å². The molecule has 0 aromatic heterocycles. The molecule has 102 valence electrons. The monoisotopic (exact) mass is 268 g/mol. The zero-order valence-corrected chi connectivity index (χ0v) is 11.3. The summed E-state index contributed by atoms with van der Waals surface area (Å²) in [6, 6.07) is 13.9. The molecule has 0 radical (unpaired) electrons. The van der Waals surface area contributed by atoms with E-state index in [1.165, 1.54) is 11.1 Å². The Morgan fingerprint density at radius 3 is 2.65 bits per heavy atom. The van der Waals surface area contributed by atoms with Gasteiger partial charge in [0.05, 0.1) is 5.92 Å². The predicted octanol–water partition coefficient (Wildman–Crippen LogP) is 3.36. The largest absolute Gasteiger partial charge is 0.489 e. The van der Waals surface area contributed by atoms with Gasteiger partial charge in [-0.05, 0) is 35.2 Å². The van der Waals surface area contributed by atoms with Crippen molar-refractivity contribution in [2.75, 3.05) is 0 Å². The van der Waals surface area contributed by atoms with Gasteiger partial charge in [0.2, 0.25) is 0 Å². The van der Waals surface area contributed by atoms with Crippen molar-refractivity contribution < 1.29 is 14.6 Å². The maximum absolute atomic E-state index is 11.1. The maximum atomic E-state index is 11.1. The lowest BCUT2D eigenvalue weighted by molar-refractivity contribution is -0.138. The van der Waals surface area contributed by atoms with Crippen LogP contribution in [0.15, 0.2) is 42.5 Å². The van der Waals surface area contributed by atoms with E-state index in [4.69, 9.17) is 9.84 Å². The van der Waals surface area contributed by atoms with E-state index in [2.05, 4.69) is 12.1 Å². The normalized spacial score (nSPS) is 14.4. The van der Waals surface area contributed by atoms with Gasteiger partial charge in [0.25, 0.3) is 0 Å². The molecule has 0 spiro atoms. The number of rotatable bonds is 2. The van der Waals surface area contributed by atoms with E-state index in [0.717, 1.165) is 23.3 Å². The van der Waals surface area contributed by atoms with E-state index in [1.54, 1.807) is 6.92 Å². The topological polar surface area (TPSA) is 46.5 Å². The third-order valence-corrected chi connectivity index (χ3v) is 3.84. The molecule has 0 amide bonds. The lowest BCUT2D eigenvalue weighted by Crippen LogP contribution is -2.07. The van der Waals surface area contributed by atoms with Crippen molar-refractivity contribution in [3.63, 3.8) is 0 Å². The molecule has 1 atom stereocenters. The molecular formula is C17H16O3. The van der Waals surface area contributed by atoms with Gasteiger partial charge in [-0.3, -0.25) is 4.79 Å². The van der Waals surface area contributed by atoms with Crippen LogP contribution in [0.5, 0.6) is 5.75 Å². The summed E-state index contributed by atoms with van der Waals surface area (Å²) in [5.41, 5.74) is 4.35. The van der Waals surface area contributed by atoms with Crippen LogP contribution < -0.4 is 4.74 Å². The van der Waals surface area contributed by atoms with Gasteiger partial charge in [0, 0.05) is 6.42 Å². The van der Waals surface area contributed by atoms with E-state index in [9.17, 15) is 4.79 Å². The minimum absolute atomic E-state index is 0.519. The van der Waals surface area contributed by atoms with Gasteiger partial charge in [-0.2, -0.15) is 0 Å². The van der Waals surface area contributed by atoms with Gasteiger partial charge >= 0.3 is 5.97 Å². The van der Waals surface area contributed by atoms with E-state index in [0.29, 0.717) is 6.61 Å². The van der Waals surface area contributed by atoms with E-state index < -0.39 is 11.9 Å². The molecule has 0 saturated heterocycles. The summed E-state index contributed by atoms with van der Waals surface area (Å²) >= 11 is 0. The highest BCUT2D eigenvalue weighted by Crippen LogP contribution is 2.31. The van der Waals surface area contributed by atoms with Gasteiger partial charge in [0.1, 0.15) is 12.4 Å². The van der Waals surface area contributed by atoms with Crippen molar-refractivity contribution in [1.29, 1.82) is 0 Å². The smallest absolute Gasteiger partial charge is 0.310 e. The molecule has 2 aromatic carbocycles. The lowest BCUT2D eigenvalue weighted by atomic mass is 9.96. The van der Waals surface area contributed by atoms with Crippen molar-refractivity contribution in [2.45, 2.75) is 25.9 Å². The third-order valence-electron chi connectivity index (χ3n) is 3.84. The van der Waals surface area contributed by atoms with Crippen LogP contribution in [0.25, 0.3) is 0 Å². The molecule has 1 heterocycles. The number of carboxylic acid groups (broad SMARTS) is 1. The van der Waals surface area contributed by atoms with E-state index in [1.807, 2.05) is 30.3 Å². The molecule has 2 aromatic rings. The Balaban J connectivity index is 1.97. The molecule has 0 bridgehead atoms. The molecule has 3 nitrogen and oxygen atoms in total. The summed E-state index contributed by atoms with van der Waals surface area (Å²) in [6.45, 7) is 2.23. The zero-order chi connectivity index (χ0) is 14.1. The number of benzene rings is 2. The van der Waals surface area contributed by atoms with Gasteiger partial charge in [0.15, 0.2) is 0 Å².